The zero-order chi connectivity index (χ0) is 18.0. The molecule has 3 heterocycles. The van der Waals surface area contributed by atoms with Gasteiger partial charge in [0.25, 0.3) is 10.0 Å². The molecule has 3 rings (SSSR count). The number of nitrogens with one attached hydrogen (secondary N) is 1. The quantitative estimate of drug-likeness (QED) is 0.722. The van der Waals surface area contributed by atoms with Crippen LogP contribution >= 0.6 is 0 Å². The fourth-order valence-corrected chi connectivity index (χ4v) is 3.32. The molecule has 0 aliphatic rings. The van der Waals surface area contributed by atoms with Gasteiger partial charge in [-0.05, 0) is 31.5 Å². The normalized spacial score (nSPS) is 12.0. The third-order valence-electron chi connectivity index (χ3n) is 3.83. The molecule has 0 aliphatic heterocycles. The lowest BCUT2D eigenvalue weighted by Crippen LogP contribution is -2.23. The molecule has 25 heavy (non-hydrogen) atoms. The monoisotopic (exact) mass is 360 g/mol. The summed E-state index contributed by atoms with van der Waals surface area (Å²) in [6, 6.07) is 3.92. The van der Waals surface area contributed by atoms with Gasteiger partial charge >= 0.3 is 0 Å². The van der Waals surface area contributed by atoms with Crippen molar-refractivity contribution in [2.45, 2.75) is 31.5 Å². The highest BCUT2D eigenvalue weighted by atomic mass is 32.2. The standard InChI is InChI=1S/C16H20N6O2S/c1-12(2)22-10-16(18-11-22)25(23,24)20-8-13-6-14(9-17-7-13)15-4-5-19-21(15)3/h4-7,9-12,20H,8H2,1-3H3. The number of imidazole rings is 1. The van der Waals surface area contributed by atoms with E-state index >= 15 is 0 Å². The minimum atomic E-state index is -3.67. The maximum absolute atomic E-state index is 12.4. The summed E-state index contributed by atoms with van der Waals surface area (Å²) in [6.07, 6.45) is 8.10. The number of hydrogen-bond acceptors (Lipinski definition) is 5. The zero-order valence-electron chi connectivity index (χ0n) is 14.3. The van der Waals surface area contributed by atoms with E-state index in [1.165, 1.54) is 12.5 Å². The summed E-state index contributed by atoms with van der Waals surface area (Å²) in [6.45, 7) is 4.05. The first-order valence-electron chi connectivity index (χ1n) is 7.82. The Morgan fingerprint density at radius 1 is 1.28 bits per heavy atom. The van der Waals surface area contributed by atoms with Gasteiger partial charge in [0.2, 0.25) is 0 Å². The summed E-state index contributed by atoms with van der Waals surface area (Å²) in [5.74, 6) is 0. The zero-order valence-corrected chi connectivity index (χ0v) is 15.1. The van der Waals surface area contributed by atoms with Crippen molar-refractivity contribution in [1.29, 1.82) is 0 Å². The maximum Gasteiger partial charge on any atom is 0.259 e. The smallest absolute Gasteiger partial charge is 0.259 e. The van der Waals surface area contributed by atoms with Gasteiger partial charge in [0.05, 0.1) is 12.0 Å². The van der Waals surface area contributed by atoms with E-state index in [1.54, 1.807) is 27.8 Å². The van der Waals surface area contributed by atoms with Crippen LogP contribution in [0.5, 0.6) is 0 Å². The molecule has 9 heteroatoms. The average molecular weight is 360 g/mol. The lowest BCUT2D eigenvalue weighted by molar-refractivity contribution is 0.576. The predicted octanol–water partition coefficient (Wildman–Crippen LogP) is 1.74. The molecule has 8 nitrogen and oxygen atoms in total. The van der Waals surface area contributed by atoms with Crippen LogP contribution in [0.15, 0.2) is 48.3 Å². The number of hydrogen-bond donors (Lipinski definition) is 1. The van der Waals surface area contributed by atoms with Crippen LogP contribution in [0.4, 0.5) is 0 Å². The van der Waals surface area contributed by atoms with Gasteiger partial charge in [-0.3, -0.25) is 9.67 Å². The summed E-state index contributed by atoms with van der Waals surface area (Å²) in [4.78, 5) is 8.16. The third kappa shape index (κ3) is 3.77. The fourth-order valence-electron chi connectivity index (χ4n) is 2.37. The van der Waals surface area contributed by atoms with Crippen LogP contribution < -0.4 is 4.72 Å². The number of aryl methyl sites for hydroxylation is 1. The predicted molar refractivity (Wildman–Crippen MR) is 93.1 cm³/mol. The van der Waals surface area contributed by atoms with Gasteiger partial charge < -0.3 is 4.57 Å². The van der Waals surface area contributed by atoms with Crippen LogP contribution in [0, 0.1) is 0 Å². The van der Waals surface area contributed by atoms with Crippen molar-refractivity contribution in [3.63, 3.8) is 0 Å². The molecule has 132 valence electrons. The van der Waals surface area contributed by atoms with E-state index in [2.05, 4.69) is 19.8 Å². The van der Waals surface area contributed by atoms with Gasteiger partial charge in [-0.2, -0.15) is 5.10 Å². The Bertz CT molecular complexity index is 974. The first-order chi connectivity index (χ1) is 11.9. The largest absolute Gasteiger partial charge is 0.334 e. The molecule has 0 radical (unpaired) electrons. The molecular formula is C16H20N6O2S. The van der Waals surface area contributed by atoms with Crippen molar-refractivity contribution in [2.24, 2.45) is 7.05 Å². The second-order valence-corrected chi connectivity index (χ2v) is 7.71. The third-order valence-corrected chi connectivity index (χ3v) is 5.11. The van der Waals surface area contributed by atoms with E-state index in [-0.39, 0.29) is 17.6 Å². The number of sulfonamides is 1. The molecule has 0 unspecified atom stereocenters. The van der Waals surface area contributed by atoms with Gasteiger partial charge in [-0.1, -0.05) is 0 Å². The first kappa shape index (κ1) is 17.3. The van der Waals surface area contributed by atoms with Gasteiger partial charge in [0.15, 0.2) is 5.03 Å². The summed E-state index contributed by atoms with van der Waals surface area (Å²) in [5.41, 5.74) is 2.54. The van der Waals surface area contributed by atoms with E-state index in [0.717, 1.165) is 16.8 Å². The lowest BCUT2D eigenvalue weighted by atomic mass is 10.1. The van der Waals surface area contributed by atoms with Crippen LogP contribution in [-0.2, 0) is 23.6 Å². The highest BCUT2D eigenvalue weighted by Crippen LogP contribution is 2.18. The van der Waals surface area contributed by atoms with Crippen molar-refractivity contribution in [3.05, 3.63) is 48.8 Å². The highest BCUT2D eigenvalue weighted by Gasteiger charge is 2.18. The summed E-state index contributed by atoms with van der Waals surface area (Å²) >= 11 is 0. The van der Waals surface area contributed by atoms with E-state index in [1.807, 2.05) is 33.0 Å². The molecule has 3 aromatic heterocycles. The molecule has 0 saturated carbocycles. The molecule has 0 spiro atoms. The number of rotatable bonds is 6. The Morgan fingerprint density at radius 3 is 2.72 bits per heavy atom. The van der Waals surface area contributed by atoms with Crippen molar-refractivity contribution < 1.29 is 8.42 Å². The summed E-state index contributed by atoms with van der Waals surface area (Å²) in [7, 11) is -1.83. The van der Waals surface area contributed by atoms with Gasteiger partial charge in [0.1, 0.15) is 0 Å². The van der Waals surface area contributed by atoms with Crippen molar-refractivity contribution in [1.82, 2.24) is 29.0 Å². The Morgan fingerprint density at radius 2 is 2.08 bits per heavy atom. The fraction of sp³-hybridized carbons (Fsp3) is 0.312. The second kappa shape index (κ2) is 6.77. The number of aromatic nitrogens is 5. The van der Waals surface area contributed by atoms with E-state index < -0.39 is 10.0 Å². The Balaban J connectivity index is 1.75. The van der Waals surface area contributed by atoms with Crippen LogP contribution in [0.2, 0.25) is 0 Å². The van der Waals surface area contributed by atoms with Crippen LogP contribution in [0.1, 0.15) is 25.5 Å². The molecule has 0 fully saturated rings. The second-order valence-electron chi connectivity index (χ2n) is 6.00. The Labute approximate surface area is 146 Å². The van der Waals surface area contributed by atoms with Crippen LogP contribution in [0.25, 0.3) is 11.3 Å². The molecule has 0 aromatic carbocycles. The minimum Gasteiger partial charge on any atom is -0.334 e. The Kier molecular flexibility index (Phi) is 4.69. The number of pyridine rings is 1. The number of nitrogens with zero attached hydrogens (tertiary/aromatic N) is 5. The molecule has 0 amide bonds. The molecule has 0 aliphatic carbocycles. The summed E-state index contributed by atoms with van der Waals surface area (Å²) < 4.78 is 30.8. The van der Waals surface area contributed by atoms with E-state index in [0.29, 0.717) is 0 Å². The lowest BCUT2D eigenvalue weighted by Gasteiger charge is -2.07. The summed E-state index contributed by atoms with van der Waals surface area (Å²) in [5, 5.41) is 4.14. The Hall–Kier alpha value is -2.52. The molecule has 1 N–H and O–H groups in total. The van der Waals surface area contributed by atoms with Gasteiger partial charge in [-0.25, -0.2) is 18.1 Å². The molecule has 0 atom stereocenters. The van der Waals surface area contributed by atoms with Gasteiger partial charge in [-0.15, -0.1) is 0 Å². The van der Waals surface area contributed by atoms with E-state index in [4.69, 9.17) is 0 Å². The van der Waals surface area contributed by atoms with Crippen LogP contribution in [-0.4, -0.2) is 32.7 Å². The van der Waals surface area contributed by atoms with E-state index in [9.17, 15) is 8.42 Å². The van der Waals surface area contributed by atoms with Crippen molar-refractivity contribution in [2.75, 3.05) is 0 Å². The SMILES string of the molecule is CC(C)n1cnc(S(=O)(=O)NCc2cncc(-c3ccnn3C)c2)c1. The van der Waals surface area contributed by atoms with Crippen LogP contribution in [0.3, 0.4) is 0 Å². The first-order valence-corrected chi connectivity index (χ1v) is 9.30. The average Bonchev–Trinajstić information content (AvgIpc) is 3.23. The van der Waals surface area contributed by atoms with Gasteiger partial charge in [0, 0.05) is 50.0 Å². The maximum atomic E-state index is 12.4. The molecule has 0 saturated heterocycles. The van der Waals surface area contributed by atoms with Crippen molar-refractivity contribution in [3.8, 4) is 11.3 Å². The molecule has 3 aromatic rings. The topological polar surface area (TPSA) is 94.7 Å². The minimum absolute atomic E-state index is 0.0111. The highest BCUT2D eigenvalue weighted by molar-refractivity contribution is 7.89. The molecule has 0 bridgehead atoms. The van der Waals surface area contributed by atoms with Crippen molar-refractivity contribution >= 4 is 10.0 Å². The molecular weight excluding hydrogens is 340 g/mol.